The largest absolute Gasteiger partial charge is 0.352 e. The molecule has 5 rings (SSSR count). The summed E-state index contributed by atoms with van der Waals surface area (Å²) in [5, 5.41) is 3.22. The highest BCUT2D eigenvalue weighted by Crippen LogP contribution is 2.28. The van der Waals surface area contributed by atoms with E-state index in [-0.39, 0.29) is 35.7 Å². The van der Waals surface area contributed by atoms with Crippen molar-refractivity contribution in [3.05, 3.63) is 130 Å². The lowest BCUT2D eigenvalue weighted by atomic mass is 10.0. The summed E-state index contributed by atoms with van der Waals surface area (Å²) in [5.41, 5.74) is 4.10. The van der Waals surface area contributed by atoms with E-state index in [4.69, 9.17) is 0 Å². The maximum atomic E-state index is 14.7. The van der Waals surface area contributed by atoms with Crippen LogP contribution in [0.2, 0.25) is 0 Å². The molecule has 1 saturated carbocycles. The molecule has 4 aromatic rings. The molecule has 2 amide bonds. The van der Waals surface area contributed by atoms with Gasteiger partial charge in [0.05, 0.1) is 10.6 Å². The molecule has 1 aliphatic rings. The van der Waals surface area contributed by atoms with Crippen LogP contribution in [-0.4, -0.2) is 43.8 Å². The van der Waals surface area contributed by atoms with E-state index in [0.29, 0.717) is 5.69 Å². The summed E-state index contributed by atoms with van der Waals surface area (Å²) in [6.07, 6.45) is 4.20. The van der Waals surface area contributed by atoms with Crippen LogP contribution in [0.25, 0.3) is 0 Å². The average Bonchev–Trinajstić information content (AvgIpc) is 3.59. The average molecular weight is 731 g/mol. The van der Waals surface area contributed by atoms with Crippen molar-refractivity contribution >= 4 is 43.5 Å². The zero-order valence-electron chi connectivity index (χ0n) is 27.8. The number of aryl methyl sites for hydroxylation is 1. The van der Waals surface area contributed by atoms with Gasteiger partial charge in [-0.2, -0.15) is 0 Å². The first kappa shape index (κ1) is 35.4. The van der Waals surface area contributed by atoms with Crippen LogP contribution in [-0.2, 0) is 32.6 Å². The second-order valence-electron chi connectivity index (χ2n) is 12.9. The third-order valence-corrected chi connectivity index (χ3v) is 11.3. The first-order chi connectivity index (χ1) is 23.0. The van der Waals surface area contributed by atoms with Crippen molar-refractivity contribution < 1.29 is 18.0 Å². The van der Waals surface area contributed by atoms with Crippen molar-refractivity contribution in [2.75, 3.05) is 10.8 Å². The Morgan fingerprint density at radius 2 is 1.46 bits per heavy atom. The highest BCUT2D eigenvalue weighted by molar-refractivity contribution is 9.10. The molecule has 48 heavy (non-hydrogen) atoms. The summed E-state index contributed by atoms with van der Waals surface area (Å²) >= 11 is 3.49. The number of rotatable bonds is 13. The van der Waals surface area contributed by atoms with E-state index in [1.165, 1.54) is 4.31 Å². The van der Waals surface area contributed by atoms with Crippen LogP contribution in [0.4, 0.5) is 5.69 Å². The van der Waals surface area contributed by atoms with Crippen LogP contribution in [0.5, 0.6) is 0 Å². The maximum Gasteiger partial charge on any atom is 0.264 e. The molecule has 1 N–H and O–H groups in total. The SMILES string of the molecule is Cc1ccc(S(=O)(=O)N(CC(=O)N(Cc2ccc(Br)cc2)C(Cc2ccccc2)C(=O)NC2CCCC2)c2ccc(C(C)C)cc2)cc1. The lowest BCUT2D eigenvalue weighted by molar-refractivity contribution is -0.140. The van der Waals surface area contributed by atoms with Gasteiger partial charge in [0.1, 0.15) is 12.6 Å². The molecule has 7 nitrogen and oxygen atoms in total. The van der Waals surface area contributed by atoms with E-state index in [2.05, 4.69) is 35.1 Å². The Morgan fingerprint density at radius 1 is 0.833 bits per heavy atom. The van der Waals surface area contributed by atoms with E-state index >= 15 is 0 Å². The van der Waals surface area contributed by atoms with E-state index in [1.54, 1.807) is 41.3 Å². The monoisotopic (exact) mass is 729 g/mol. The molecule has 1 atom stereocenters. The normalized spacial score (nSPS) is 14.1. The Bertz CT molecular complexity index is 1770. The number of nitrogens with zero attached hydrogens (tertiary/aromatic N) is 2. The molecule has 0 aliphatic heterocycles. The van der Waals surface area contributed by atoms with Crippen molar-refractivity contribution in [2.45, 2.75) is 82.3 Å². The molecule has 0 aromatic heterocycles. The van der Waals surface area contributed by atoms with Gasteiger partial charge in [-0.25, -0.2) is 8.42 Å². The molecule has 4 aromatic carbocycles. The molecule has 0 bridgehead atoms. The molecule has 0 radical (unpaired) electrons. The standard InChI is InChI=1S/C39H44BrN3O4S/c1-28(2)32-17-21-35(22-18-32)43(48(46,47)36-23-13-29(3)14-24-36)27-38(44)42(26-31-15-19-33(40)20-16-31)37(25-30-9-5-4-6-10-30)39(45)41-34-11-7-8-12-34/h4-6,9-10,13-24,28,34,37H,7-8,11-12,25-27H2,1-3H3,(H,41,45). The van der Waals surface area contributed by atoms with Gasteiger partial charge in [0.2, 0.25) is 11.8 Å². The number of benzene rings is 4. The molecular formula is C39H44BrN3O4S. The highest BCUT2D eigenvalue weighted by Gasteiger charge is 2.35. The first-order valence-electron chi connectivity index (χ1n) is 16.6. The number of anilines is 1. The molecule has 9 heteroatoms. The Kier molecular flexibility index (Phi) is 11.8. The van der Waals surface area contributed by atoms with Gasteiger partial charge in [-0.3, -0.25) is 13.9 Å². The number of hydrogen-bond acceptors (Lipinski definition) is 4. The molecular weight excluding hydrogens is 686 g/mol. The van der Waals surface area contributed by atoms with Crippen LogP contribution in [0.1, 0.15) is 67.7 Å². The van der Waals surface area contributed by atoms with Gasteiger partial charge >= 0.3 is 0 Å². The van der Waals surface area contributed by atoms with Crippen molar-refractivity contribution in [1.82, 2.24) is 10.2 Å². The lowest BCUT2D eigenvalue weighted by Crippen LogP contribution is -2.54. The van der Waals surface area contributed by atoms with Gasteiger partial charge in [-0.1, -0.05) is 115 Å². The Hall–Kier alpha value is -3.95. The van der Waals surface area contributed by atoms with Gasteiger partial charge in [0.25, 0.3) is 10.0 Å². The van der Waals surface area contributed by atoms with E-state index in [0.717, 1.165) is 52.4 Å². The fourth-order valence-corrected chi connectivity index (χ4v) is 7.78. The predicted octanol–water partition coefficient (Wildman–Crippen LogP) is 7.78. The number of amides is 2. The number of hydrogen-bond donors (Lipinski definition) is 1. The Labute approximate surface area is 293 Å². The van der Waals surface area contributed by atoms with Gasteiger partial charge in [-0.05, 0) is 78.8 Å². The third-order valence-electron chi connectivity index (χ3n) is 8.97. The summed E-state index contributed by atoms with van der Waals surface area (Å²) in [5.74, 6) is -0.448. The molecule has 0 spiro atoms. The summed E-state index contributed by atoms with van der Waals surface area (Å²) in [6, 6.07) is 30.4. The molecule has 0 saturated heterocycles. The molecule has 252 valence electrons. The van der Waals surface area contributed by atoms with Crippen LogP contribution in [0.15, 0.2) is 112 Å². The van der Waals surface area contributed by atoms with Crippen LogP contribution in [0.3, 0.4) is 0 Å². The van der Waals surface area contributed by atoms with Gasteiger partial charge in [0.15, 0.2) is 0 Å². The van der Waals surface area contributed by atoms with E-state index in [9.17, 15) is 18.0 Å². The van der Waals surface area contributed by atoms with Crippen molar-refractivity contribution in [1.29, 1.82) is 0 Å². The van der Waals surface area contributed by atoms with Crippen LogP contribution < -0.4 is 9.62 Å². The fourth-order valence-electron chi connectivity index (χ4n) is 6.10. The molecule has 0 heterocycles. The van der Waals surface area contributed by atoms with E-state index in [1.807, 2.05) is 73.7 Å². The number of nitrogens with one attached hydrogen (secondary N) is 1. The second kappa shape index (κ2) is 16.0. The topological polar surface area (TPSA) is 86.8 Å². The summed E-state index contributed by atoms with van der Waals surface area (Å²) < 4.78 is 30.7. The zero-order valence-corrected chi connectivity index (χ0v) is 30.2. The zero-order chi connectivity index (χ0) is 34.3. The fraction of sp³-hybridized carbons (Fsp3) is 0.333. The van der Waals surface area contributed by atoms with Gasteiger partial charge < -0.3 is 10.2 Å². The Morgan fingerprint density at radius 3 is 2.06 bits per heavy atom. The van der Waals surface area contributed by atoms with Gasteiger partial charge in [-0.15, -0.1) is 0 Å². The Balaban J connectivity index is 1.57. The van der Waals surface area contributed by atoms with Gasteiger partial charge in [0, 0.05) is 23.5 Å². The van der Waals surface area contributed by atoms with Crippen molar-refractivity contribution in [2.24, 2.45) is 0 Å². The summed E-state index contributed by atoms with van der Waals surface area (Å²) in [7, 11) is -4.16. The number of sulfonamides is 1. The second-order valence-corrected chi connectivity index (χ2v) is 15.7. The number of carbonyl (C=O) groups is 2. The van der Waals surface area contributed by atoms with Crippen molar-refractivity contribution in [3.63, 3.8) is 0 Å². The minimum absolute atomic E-state index is 0.0540. The molecule has 1 aliphatic carbocycles. The molecule has 1 unspecified atom stereocenters. The van der Waals surface area contributed by atoms with E-state index < -0.39 is 28.5 Å². The van der Waals surface area contributed by atoms with Crippen molar-refractivity contribution in [3.8, 4) is 0 Å². The minimum atomic E-state index is -4.16. The summed E-state index contributed by atoms with van der Waals surface area (Å²) in [6.45, 7) is 5.69. The molecule has 1 fully saturated rings. The predicted molar refractivity (Wildman–Crippen MR) is 195 cm³/mol. The quantitative estimate of drug-likeness (QED) is 0.152. The summed E-state index contributed by atoms with van der Waals surface area (Å²) in [4.78, 5) is 30.5. The van der Waals surface area contributed by atoms with Crippen LogP contribution in [0, 0.1) is 6.92 Å². The number of carbonyl (C=O) groups excluding carboxylic acids is 2. The smallest absolute Gasteiger partial charge is 0.264 e. The maximum absolute atomic E-state index is 14.7. The third kappa shape index (κ3) is 8.94. The number of halogens is 1. The minimum Gasteiger partial charge on any atom is -0.352 e. The van der Waals surface area contributed by atoms with Crippen LogP contribution >= 0.6 is 15.9 Å². The highest BCUT2D eigenvalue weighted by atomic mass is 79.9. The first-order valence-corrected chi connectivity index (χ1v) is 18.8. The lowest BCUT2D eigenvalue weighted by Gasteiger charge is -2.34.